The number of aryl methyl sites for hydroxylation is 1. The van der Waals surface area contributed by atoms with Crippen LogP contribution in [0.25, 0.3) is 0 Å². The summed E-state index contributed by atoms with van der Waals surface area (Å²) in [5.41, 5.74) is 2.64. The van der Waals surface area contributed by atoms with Crippen molar-refractivity contribution in [1.29, 1.82) is 0 Å². The molecule has 3 heterocycles. The van der Waals surface area contributed by atoms with E-state index >= 15 is 0 Å². The van der Waals surface area contributed by atoms with Gasteiger partial charge < -0.3 is 59.1 Å². The number of phenols is 1. The second-order valence-electron chi connectivity index (χ2n) is 10.4. The summed E-state index contributed by atoms with van der Waals surface area (Å²) in [4.78, 5) is 0. The average Bonchev–Trinajstić information content (AvgIpc) is 3.57. The molecule has 0 bridgehead atoms. The molecule has 0 amide bonds. The maximum Gasteiger partial charge on any atom is 0.229 e. The minimum atomic E-state index is -1.62. The maximum absolute atomic E-state index is 10.4. The topological polar surface area (TPSA) is 177 Å². The predicted molar refractivity (Wildman–Crippen MR) is 137 cm³/mol. The van der Waals surface area contributed by atoms with Gasteiger partial charge in [0.1, 0.15) is 24.4 Å². The fourth-order valence-electron chi connectivity index (χ4n) is 5.86. The van der Waals surface area contributed by atoms with Gasteiger partial charge in [-0.05, 0) is 47.9 Å². The summed E-state index contributed by atoms with van der Waals surface area (Å²) in [6, 6.07) is 7.10. The molecule has 2 aromatic carbocycles. The van der Waals surface area contributed by atoms with Gasteiger partial charge in [-0.1, -0.05) is 0 Å². The second-order valence-corrected chi connectivity index (χ2v) is 10.4. The van der Waals surface area contributed by atoms with E-state index in [0.29, 0.717) is 30.1 Å². The molecule has 7 unspecified atom stereocenters. The van der Waals surface area contributed by atoms with Gasteiger partial charge >= 0.3 is 0 Å². The van der Waals surface area contributed by atoms with E-state index in [1.54, 1.807) is 25.1 Å². The smallest absolute Gasteiger partial charge is 0.229 e. The number of hydrogen-bond acceptors (Lipinski definition) is 12. The van der Waals surface area contributed by atoms with Crippen LogP contribution in [0.4, 0.5) is 0 Å². The zero-order valence-electron chi connectivity index (χ0n) is 22.5. The van der Waals surface area contributed by atoms with E-state index in [9.17, 15) is 30.6 Å². The summed E-state index contributed by atoms with van der Waals surface area (Å²) in [5.74, 6) is 0.825. The Morgan fingerprint density at radius 1 is 0.825 bits per heavy atom. The number of aliphatic hydroxyl groups excluding tert-OH is 5. The molecule has 5 rings (SSSR count). The van der Waals surface area contributed by atoms with E-state index < -0.39 is 43.9 Å². The van der Waals surface area contributed by atoms with Crippen molar-refractivity contribution < 1.29 is 59.1 Å². The molecule has 0 aliphatic carbocycles. The summed E-state index contributed by atoms with van der Waals surface area (Å²) in [6.07, 6.45) is -7.98. The zero-order chi connectivity index (χ0) is 28.7. The van der Waals surface area contributed by atoms with Crippen molar-refractivity contribution in [3.63, 3.8) is 0 Å². The highest BCUT2D eigenvalue weighted by atomic mass is 16.7. The standard InChI is InChI=1S/C28H36O12/c1-12-4-13(6-18(35-2)21(12)31)25-16-10-38-26(17(16)11-37-25)14-5-15(8-29)27(19(7-14)36-3)40-28-24(34)23(33)22(32)20(9-30)39-28/h4-7,16-17,20,22-26,28-34H,8-11H2,1-3H3/t16-,17-,20?,22?,23?,24?,25?,26?,28?/m0/s1. The van der Waals surface area contributed by atoms with E-state index in [2.05, 4.69) is 0 Å². The molecule has 3 aliphatic heterocycles. The molecular weight excluding hydrogens is 528 g/mol. The molecule has 3 saturated heterocycles. The highest BCUT2D eigenvalue weighted by molar-refractivity contribution is 5.51. The van der Waals surface area contributed by atoms with Gasteiger partial charge in [-0.15, -0.1) is 0 Å². The van der Waals surface area contributed by atoms with E-state index in [0.717, 1.165) is 11.1 Å². The van der Waals surface area contributed by atoms with Crippen molar-refractivity contribution in [3.8, 4) is 23.0 Å². The van der Waals surface area contributed by atoms with Crippen LogP contribution in [-0.4, -0.2) is 95.4 Å². The van der Waals surface area contributed by atoms with Gasteiger partial charge in [-0.2, -0.15) is 0 Å². The largest absolute Gasteiger partial charge is 0.504 e. The Balaban J connectivity index is 1.39. The Labute approximate surface area is 231 Å². The first kappa shape index (κ1) is 28.8. The molecule has 0 radical (unpaired) electrons. The highest BCUT2D eigenvalue weighted by Crippen LogP contribution is 2.52. The van der Waals surface area contributed by atoms with Crippen LogP contribution >= 0.6 is 0 Å². The molecule has 12 heteroatoms. The van der Waals surface area contributed by atoms with Gasteiger partial charge in [0, 0.05) is 17.4 Å². The number of ether oxygens (including phenoxy) is 6. The molecule has 0 saturated carbocycles. The van der Waals surface area contributed by atoms with Crippen molar-refractivity contribution >= 4 is 0 Å². The summed E-state index contributed by atoms with van der Waals surface area (Å²) in [6.45, 7) is 1.63. The number of benzene rings is 2. The SMILES string of the molecule is COc1cc(C2OC[C@@H]3C(c4cc(CO)c(OC5OC(CO)C(O)C(O)C5O)c(OC)c4)OC[C@H]23)cc(C)c1O. The summed E-state index contributed by atoms with van der Waals surface area (Å²) >= 11 is 0. The van der Waals surface area contributed by atoms with E-state index in [1.165, 1.54) is 14.2 Å². The second kappa shape index (κ2) is 11.7. The Morgan fingerprint density at radius 3 is 2.00 bits per heavy atom. The van der Waals surface area contributed by atoms with Crippen molar-refractivity contribution in [3.05, 3.63) is 46.5 Å². The molecule has 6 N–H and O–H groups in total. The lowest BCUT2D eigenvalue weighted by atomic mass is 9.84. The molecule has 3 fully saturated rings. The Bertz CT molecular complexity index is 1180. The fourth-order valence-corrected chi connectivity index (χ4v) is 5.86. The number of rotatable bonds is 8. The van der Waals surface area contributed by atoms with Crippen LogP contribution in [0.1, 0.15) is 34.5 Å². The quantitative estimate of drug-likeness (QED) is 0.262. The van der Waals surface area contributed by atoms with E-state index in [-0.39, 0.29) is 41.3 Å². The Hall–Kier alpha value is -2.68. The van der Waals surface area contributed by atoms with Crippen molar-refractivity contribution in [2.24, 2.45) is 11.8 Å². The number of methoxy groups -OCH3 is 2. The van der Waals surface area contributed by atoms with Crippen LogP contribution in [-0.2, 0) is 20.8 Å². The minimum Gasteiger partial charge on any atom is -0.504 e. The molecule has 40 heavy (non-hydrogen) atoms. The summed E-state index contributed by atoms with van der Waals surface area (Å²) in [7, 11) is 2.93. The lowest BCUT2D eigenvalue weighted by Crippen LogP contribution is -2.60. The highest BCUT2D eigenvalue weighted by Gasteiger charge is 2.49. The molecule has 220 valence electrons. The van der Waals surface area contributed by atoms with Crippen molar-refractivity contribution in [2.75, 3.05) is 34.0 Å². The zero-order valence-corrected chi connectivity index (χ0v) is 22.5. The van der Waals surface area contributed by atoms with Gasteiger partial charge in [0.25, 0.3) is 0 Å². The lowest BCUT2D eigenvalue weighted by molar-refractivity contribution is -0.277. The van der Waals surface area contributed by atoms with Crippen LogP contribution in [0.5, 0.6) is 23.0 Å². The van der Waals surface area contributed by atoms with Gasteiger partial charge in [-0.25, -0.2) is 0 Å². The third-order valence-corrected chi connectivity index (χ3v) is 8.06. The average molecular weight is 565 g/mol. The van der Waals surface area contributed by atoms with E-state index in [4.69, 9.17) is 28.4 Å². The van der Waals surface area contributed by atoms with Gasteiger partial charge in [-0.3, -0.25) is 0 Å². The molecular formula is C28H36O12. The van der Waals surface area contributed by atoms with Crippen LogP contribution in [0.15, 0.2) is 24.3 Å². The number of hydrogen-bond donors (Lipinski definition) is 6. The first-order chi connectivity index (χ1) is 19.2. The van der Waals surface area contributed by atoms with Crippen LogP contribution in [0.3, 0.4) is 0 Å². The predicted octanol–water partition coefficient (Wildman–Crippen LogP) is 0.464. The first-order valence-electron chi connectivity index (χ1n) is 13.1. The number of fused-ring (bicyclic) bond motifs is 1. The minimum absolute atomic E-state index is 0.00133. The molecule has 9 atom stereocenters. The lowest BCUT2D eigenvalue weighted by Gasteiger charge is -2.39. The number of aromatic hydroxyl groups is 1. The van der Waals surface area contributed by atoms with Crippen LogP contribution < -0.4 is 14.2 Å². The Morgan fingerprint density at radius 2 is 1.43 bits per heavy atom. The monoisotopic (exact) mass is 564 g/mol. The number of phenolic OH excluding ortho intramolecular Hbond substituents is 1. The van der Waals surface area contributed by atoms with Crippen molar-refractivity contribution in [1.82, 2.24) is 0 Å². The summed E-state index contributed by atoms with van der Waals surface area (Å²) in [5, 5.41) is 60.6. The van der Waals surface area contributed by atoms with Gasteiger partial charge in [0.05, 0.1) is 52.9 Å². The maximum atomic E-state index is 10.4. The molecule has 0 spiro atoms. The Kier molecular flexibility index (Phi) is 8.41. The third-order valence-electron chi connectivity index (χ3n) is 8.06. The summed E-state index contributed by atoms with van der Waals surface area (Å²) < 4.78 is 34.6. The van der Waals surface area contributed by atoms with E-state index in [1.807, 2.05) is 6.07 Å². The molecule has 0 aromatic heterocycles. The van der Waals surface area contributed by atoms with Gasteiger partial charge in [0.2, 0.25) is 6.29 Å². The first-order valence-corrected chi connectivity index (χ1v) is 13.1. The van der Waals surface area contributed by atoms with Crippen LogP contribution in [0.2, 0.25) is 0 Å². The van der Waals surface area contributed by atoms with Crippen LogP contribution in [0, 0.1) is 18.8 Å². The molecule has 3 aliphatic rings. The normalized spacial score (nSPS) is 33.5. The van der Waals surface area contributed by atoms with Gasteiger partial charge in [0.15, 0.2) is 23.0 Å². The third kappa shape index (κ3) is 4.99. The number of aliphatic hydroxyl groups is 5. The molecule has 12 nitrogen and oxygen atoms in total. The molecule has 2 aromatic rings. The van der Waals surface area contributed by atoms with Crippen molar-refractivity contribution in [2.45, 2.75) is 56.4 Å². The fraction of sp³-hybridized carbons (Fsp3) is 0.571.